The molecule has 0 amide bonds. The molecule has 1 aliphatic carbocycles. The SMILES string of the molecule is COC(=O)c1c(O)cc(C)cc1OC1CCC1. The molecule has 0 aromatic heterocycles. The number of rotatable bonds is 3. The Balaban J connectivity index is 2.35. The number of methoxy groups -OCH3 is 1. The second-order valence-corrected chi connectivity index (χ2v) is 4.32. The molecule has 1 aromatic carbocycles. The number of carbonyl (C=O) groups is 1. The molecule has 0 unspecified atom stereocenters. The first-order chi connectivity index (χ1) is 8.11. The fourth-order valence-electron chi connectivity index (χ4n) is 1.80. The zero-order chi connectivity index (χ0) is 12.4. The number of benzene rings is 1. The topological polar surface area (TPSA) is 55.8 Å². The summed E-state index contributed by atoms with van der Waals surface area (Å²) in [7, 11) is 1.29. The third-order valence-electron chi connectivity index (χ3n) is 2.96. The first-order valence-electron chi connectivity index (χ1n) is 5.70. The van der Waals surface area contributed by atoms with Crippen LogP contribution < -0.4 is 4.74 Å². The van der Waals surface area contributed by atoms with Crippen LogP contribution in [0.4, 0.5) is 0 Å². The predicted molar refractivity (Wildman–Crippen MR) is 62.5 cm³/mol. The number of carbonyl (C=O) groups excluding carboxylic acids is 1. The van der Waals surface area contributed by atoms with E-state index in [-0.39, 0.29) is 17.4 Å². The molecular formula is C13H16O4. The van der Waals surface area contributed by atoms with Crippen molar-refractivity contribution in [3.05, 3.63) is 23.3 Å². The Bertz CT molecular complexity index is 435. The molecule has 2 rings (SSSR count). The van der Waals surface area contributed by atoms with Gasteiger partial charge in [-0.25, -0.2) is 4.79 Å². The summed E-state index contributed by atoms with van der Waals surface area (Å²) in [5, 5.41) is 9.80. The third-order valence-corrected chi connectivity index (χ3v) is 2.96. The number of aryl methyl sites for hydroxylation is 1. The maximum Gasteiger partial charge on any atom is 0.345 e. The van der Waals surface area contributed by atoms with Gasteiger partial charge in [-0.1, -0.05) is 0 Å². The van der Waals surface area contributed by atoms with Crippen LogP contribution in [0.25, 0.3) is 0 Å². The van der Waals surface area contributed by atoms with E-state index in [1.165, 1.54) is 13.2 Å². The average molecular weight is 236 g/mol. The van der Waals surface area contributed by atoms with E-state index in [1.807, 2.05) is 6.92 Å². The molecule has 17 heavy (non-hydrogen) atoms. The molecule has 0 aliphatic heterocycles. The first-order valence-corrected chi connectivity index (χ1v) is 5.70. The summed E-state index contributed by atoms with van der Waals surface area (Å²) in [4.78, 5) is 11.6. The van der Waals surface area contributed by atoms with Crippen molar-refractivity contribution in [3.8, 4) is 11.5 Å². The summed E-state index contributed by atoms with van der Waals surface area (Å²) in [6.45, 7) is 1.84. The molecule has 1 aliphatic rings. The van der Waals surface area contributed by atoms with Gasteiger partial charge in [0.05, 0.1) is 13.2 Å². The van der Waals surface area contributed by atoms with Gasteiger partial charge < -0.3 is 14.6 Å². The minimum absolute atomic E-state index is 0.0915. The molecule has 1 saturated carbocycles. The summed E-state index contributed by atoms with van der Waals surface area (Å²) >= 11 is 0. The van der Waals surface area contributed by atoms with Crippen LogP contribution in [0.1, 0.15) is 35.2 Å². The van der Waals surface area contributed by atoms with Crippen molar-refractivity contribution in [1.29, 1.82) is 0 Å². The van der Waals surface area contributed by atoms with E-state index in [0.717, 1.165) is 24.8 Å². The summed E-state index contributed by atoms with van der Waals surface area (Å²) in [5.41, 5.74) is 0.967. The van der Waals surface area contributed by atoms with Gasteiger partial charge in [0.25, 0.3) is 0 Å². The van der Waals surface area contributed by atoms with E-state index in [1.54, 1.807) is 6.07 Å². The van der Waals surface area contributed by atoms with Crippen molar-refractivity contribution >= 4 is 5.97 Å². The minimum Gasteiger partial charge on any atom is -0.507 e. The third kappa shape index (κ3) is 2.35. The molecule has 92 valence electrons. The maximum absolute atomic E-state index is 11.6. The minimum atomic E-state index is -0.572. The normalized spacial score (nSPS) is 15.2. The lowest BCUT2D eigenvalue weighted by Crippen LogP contribution is -2.25. The Hall–Kier alpha value is -1.71. The Morgan fingerprint density at radius 1 is 1.41 bits per heavy atom. The largest absolute Gasteiger partial charge is 0.507 e. The van der Waals surface area contributed by atoms with Crippen molar-refractivity contribution < 1.29 is 19.4 Å². The molecule has 1 N–H and O–H groups in total. The van der Waals surface area contributed by atoms with Crippen molar-refractivity contribution in [3.63, 3.8) is 0 Å². The quantitative estimate of drug-likeness (QED) is 0.819. The fourth-order valence-corrected chi connectivity index (χ4v) is 1.80. The molecular weight excluding hydrogens is 220 g/mol. The highest BCUT2D eigenvalue weighted by Crippen LogP contribution is 2.33. The Labute approximate surface area is 100 Å². The lowest BCUT2D eigenvalue weighted by molar-refractivity contribution is 0.0581. The van der Waals surface area contributed by atoms with E-state index in [4.69, 9.17) is 4.74 Å². The number of aromatic hydroxyl groups is 1. The lowest BCUT2D eigenvalue weighted by atomic mass is 9.96. The van der Waals surface area contributed by atoms with Crippen LogP contribution in [0.15, 0.2) is 12.1 Å². The van der Waals surface area contributed by atoms with Crippen molar-refractivity contribution in [2.75, 3.05) is 7.11 Å². The van der Waals surface area contributed by atoms with E-state index in [0.29, 0.717) is 5.75 Å². The standard InChI is InChI=1S/C13H16O4/c1-8-6-10(14)12(13(15)16-2)11(7-8)17-9-4-3-5-9/h6-7,9,14H,3-5H2,1-2H3. The number of ether oxygens (including phenoxy) is 2. The van der Waals surface area contributed by atoms with Crippen LogP contribution in [0.2, 0.25) is 0 Å². The predicted octanol–water partition coefficient (Wildman–Crippen LogP) is 2.42. The van der Waals surface area contributed by atoms with Crippen molar-refractivity contribution in [2.24, 2.45) is 0 Å². The summed E-state index contributed by atoms with van der Waals surface area (Å²) in [6.07, 6.45) is 3.29. The average Bonchev–Trinajstić information content (AvgIpc) is 2.22. The number of phenols is 1. The van der Waals surface area contributed by atoms with Gasteiger partial charge in [0.2, 0.25) is 0 Å². The number of phenolic OH excluding ortho intramolecular Hbond substituents is 1. The Morgan fingerprint density at radius 3 is 2.65 bits per heavy atom. The van der Waals surface area contributed by atoms with Crippen LogP contribution in [0.5, 0.6) is 11.5 Å². The van der Waals surface area contributed by atoms with Gasteiger partial charge in [-0.3, -0.25) is 0 Å². The lowest BCUT2D eigenvalue weighted by Gasteiger charge is -2.27. The van der Waals surface area contributed by atoms with Gasteiger partial charge >= 0.3 is 5.97 Å². The maximum atomic E-state index is 11.6. The van der Waals surface area contributed by atoms with E-state index >= 15 is 0 Å². The summed E-state index contributed by atoms with van der Waals surface area (Å²) in [6, 6.07) is 3.28. The van der Waals surface area contributed by atoms with Gasteiger partial charge in [-0.15, -0.1) is 0 Å². The molecule has 0 bridgehead atoms. The smallest absolute Gasteiger partial charge is 0.345 e. The van der Waals surface area contributed by atoms with Crippen LogP contribution in [0, 0.1) is 6.92 Å². The molecule has 4 heteroatoms. The monoisotopic (exact) mass is 236 g/mol. The zero-order valence-corrected chi connectivity index (χ0v) is 10.0. The highest BCUT2D eigenvalue weighted by molar-refractivity contribution is 5.95. The van der Waals surface area contributed by atoms with E-state index < -0.39 is 5.97 Å². The van der Waals surface area contributed by atoms with Gasteiger partial charge in [0, 0.05) is 0 Å². The van der Waals surface area contributed by atoms with Crippen molar-refractivity contribution in [2.45, 2.75) is 32.3 Å². The number of esters is 1. The second kappa shape index (κ2) is 4.65. The van der Waals surface area contributed by atoms with Crippen LogP contribution >= 0.6 is 0 Å². The van der Waals surface area contributed by atoms with E-state index in [2.05, 4.69) is 4.74 Å². The van der Waals surface area contributed by atoms with Crippen molar-refractivity contribution in [1.82, 2.24) is 0 Å². The molecule has 0 heterocycles. The molecule has 1 fully saturated rings. The number of hydrogen-bond acceptors (Lipinski definition) is 4. The Kier molecular flexibility index (Phi) is 3.22. The van der Waals surface area contributed by atoms with Gasteiger partial charge in [-0.05, 0) is 43.9 Å². The number of hydrogen-bond donors (Lipinski definition) is 1. The Morgan fingerprint density at radius 2 is 2.12 bits per heavy atom. The van der Waals surface area contributed by atoms with E-state index in [9.17, 15) is 9.90 Å². The van der Waals surface area contributed by atoms with Crippen LogP contribution in [-0.2, 0) is 4.74 Å². The van der Waals surface area contributed by atoms with Gasteiger partial charge in [0.1, 0.15) is 17.1 Å². The molecule has 0 spiro atoms. The molecule has 0 saturated heterocycles. The second-order valence-electron chi connectivity index (χ2n) is 4.32. The summed E-state index contributed by atoms with van der Waals surface area (Å²) in [5.74, 6) is -0.248. The first kappa shape index (κ1) is 11.8. The van der Waals surface area contributed by atoms with Gasteiger partial charge in [0.15, 0.2) is 0 Å². The highest BCUT2D eigenvalue weighted by atomic mass is 16.5. The summed E-state index contributed by atoms with van der Waals surface area (Å²) < 4.78 is 10.4. The van der Waals surface area contributed by atoms with Crippen LogP contribution in [-0.4, -0.2) is 24.3 Å². The fraction of sp³-hybridized carbons (Fsp3) is 0.462. The molecule has 0 atom stereocenters. The molecule has 0 radical (unpaired) electrons. The highest BCUT2D eigenvalue weighted by Gasteiger charge is 2.24. The van der Waals surface area contributed by atoms with Gasteiger partial charge in [-0.2, -0.15) is 0 Å². The molecule has 4 nitrogen and oxygen atoms in total. The molecule has 1 aromatic rings. The van der Waals surface area contributed by atoms with Crippen LogP contribution in [0.3, 0.4) is 0 Å². The zero-order valence-electron chi connectivity index (χ0n) is 10.0.